The van der Waals surface area contributed by atoms with Crippen LogP contribution in [0.3, 0.4) is 0 Å². The van der Waals surface area contributed by atoms with Crippen molar-refractivity contribution < 1.29 is 23.8 Å². The maximum absolute atomic E-state index is 12.1. The Hall–Kier alpha value is -2.24. The monoisotopic (exact) mass is 361 g/mol. The van der Waals surface area contributed by atoms with Crippen LogP contribution in [0.15, 0.2) is 18.2 Å². The standard InChI is InChI=1S/C20H27NO5/c1-13(22)16-11-21(20(23)25-3)12-17(16)14-8-9-18(24-2)19(10-14)26-15-6-4-5-7-15/h8-10,15-17H,4-7,11-12H2,1-3H3/t16-,17+/m0/s1. The van der Waals surface area contributed by atoms with Crippen molar-refractivity contribution in [3.8, 4) is 11.5 Å². The number of methoxy groups -OCH3 is 2. The van der Waals surface area contributed by atoms with Gasteiger partial charge in [-0.05, 0) is 50.3 Å². The Morgan fingerprint density at radius 2 is 1.81 bits per heavy atom. The maximum Gasteiger partial charge on any atom is 0.409 e. The van der Waals surface area contributed by atoms with Gasteiger partial charge >= 0.3 is 6.09 Å². The number of ketones is 1. The summed E-state index contributed by atoms with van der Waals surface area (Å²) in [5.41, 5.74) is 0.991. The molecule has 1 saturated carbocycles. The molecule has 0 unspecified atom stereocenters. The first-order valence-corrected chi connectivity index (χ1v) is 9.21. The van der Waals surface area contributed by atoms with E-state index in [-0.39, 0.29) is 23.7 Å². The summed E-state index contributed by atoms with van der Waals surface area (Å²) in [6.45, 7) is 2.43. The molecule has 1 aromatic carbocycles. The summed E-state index contributed by atoms with van der Waals surface area (Å²) in [7, 11) is 2.99. The molecule has 2 aliphatic rings. The fourth-order valence-electron chi connectivity index (χ4n) is 4.03. The Balaban J connectivity index is 1.86. The molecule has 142 valence electrons. The highest BCUT2D eigenvalue weighted by Gasteiger charge is 2.39. The fraction of sp³-hybridized carbons (Fsp3) is 0.600. The van der Waals surface area contributed by atoms with Crippen molar-refractivity contribution in [2.45, 2.75) is 44.6 Å². The number of benzene rings is 1. The fourth-order valence-corrected chi connectivity index (χ4v) is 4.03. The Labute approximate surface area is 154 Å². The third-order valence-electron chi connectivity index (χ3n) is 5.49. The SMILES string of the molecule is COC(=O)N1C[C@H](c2ccc(OC)c(OC3CCCC3)c2)[C@H](C(C)=O)C1. The lowest BCUT2D eigenvalue weighted by molar-refractivity contribution is -0.120. The second-order valence-corrected chi connectivity index (χ2v) is 7.13. The van der Waals surface area contributed by atoms with E-state index in [1.54, 1.807) is 18.9 Å². The number of likely N-dealkylation sites (tertiary alicyclic amines) is 1. The molecule has 1 aliphatic heterocycles. The van der Waals surface area contributed by atoms with E-state index in [4.69, 9.17) is 14.2 Å². The van der Waals surface area contributed by atoms with Crippen LogP contribution in [-0.2, 0) is 9.53 Å². The van der Waals surface area contributed by atoms with Gasteiger partial charge in [0.1, 0.15) is 5.78 Å². The van der Waals surface area contributed by atoms with Gasteiger partial charge in [-0.15, -0.1) is 0 Å². The number of hydrogen-bond donors (Lipinski definition) is 0. The molecule has 3 rings (SSSR count). The van der Waals surface area contributed by atoms with Gasteiger partial charge in [-0.2, -0.15) is 0 Å². The van der Waals surface area contributed by atoms with E-state index >= 15 is 0 Å². The van der Waals surface area contributed by atoms with Crippen LogP contribution in [0.5, 0.6) is 11.5 Å². The average Bonchev–Trinajstić information content (AvgIpc) is 3.30. The zero-order valence-electron chi connectivity index (χ0n) is 15.7. The molecule has 2 atom stereocenters. The largest absolute Gasteiger partial charge is 0.493 e. The number of ether oxygens (including phenoxy) is 3. The number of nitrogens with zero attached hydrogens (tertiary/aromatic N) is 1. The van der Waals surface area contributed by atoms with Crippen LogP contribution in [0.1, 0.15) is 44.1 Å². The molecule has 1 amide bonds. The quantitative estimate of drug-likeness (QED) is 0.804. The number of hydrogen-bond acceptors (Lipinski definition) is 5. The Kier molecular flexibility index (Phi) is 5.69. The van der Waals surface area contributed by atoms with Gasteiger partial charge in [0.25, 0.3) is 0 Å². The zero-order chi connectivity index (χ0) is 18.7. The van der Waals surface area contributed by atoms with E-state index in [9.17, 15) is 9.59 Å². The summed E-state index contributed by atoms with van der Waals surface area (Å²) in [5.74, 6) is 1.19. The van der Waals surface area contributed by atoms with Crippen molar-refractivity contribution in [2.24, 2.45) is 5.92 Å². The van der Waals surface area contributed by atoms with Gasteiger partial charge in [0.2, 0.25) is 0 Å². The van der Waals surface area contributed by atoms with Gasteiger partial charge in [0.05, 0.1) is 20.3 Å². The average molecular weight is 361 g/mol. The van der Waals surface area contributed by atoms with E-state index in [1.807, 2.05) is 18.2 Å². The highest BCUT2D eigenvalue weighted by atomic mass is 16.5. The van der Waals surface area contributed by atoms with E-state index < -0.39 is 6.09 Å². The highest BCUT2D eigenvalue weighted by Crippen LogP contribution is 2.39. The maximum atomic E-state index is 12.1. The molecule has 1 heterocycles. The predicted octanol–water partition coefficient (Wildman–Crippen LogP) is 3.39. The molecule has 26 heavy (non-hydrogen) atoms. The van der Waals surface area contributed by atoms with Crippen LogP contribution in [-0.4, -0.2) is 50.2 Å². The highest BCUT2D eigenvalue weighted by molar-refractivity contribution is 5.81. The summed E-state index contributed by atoms with van der Waals surface area (Å²) in [4.78, 5) is 25.6. The second-order valence-electron chi connectivity index (χ2n) is 7.13. The minimum atomic E-state index is -0.394. The van der Waals surface area contributed by atoms with Crippen molar-refractivity contribution in [1.29, 1.82) is 0 Å². The van der Waals surface area contributed by atoms with Gasteiger partial charge in [0, 0.05) is 24.9 Å². The molecule has 0 radical (unpaired) electrons. The Morgan fingerprint density at radius 3 is 2.42 bits per heavy atom. The molecule has 1 aromatic rings. The van der Waals surface area contributed by atoms with Crippen molar-refractivity contribution >= 4 is 11.9 Å². The first-order chi connectivity index (χ1) is 12.5. The van der Waals surface area contributed by atoms with Crippen LogP contribution in [0.25, 0.3) is 0 Å². The molecule has 6 nitrogen and oxygen atoms in total. The first kappa shape index (κ1) is 18.5. The molecule has 6 heteroatoms. The van der Waals surface area contributed by atoms with Crippen LogP contribution in [0.4, 0.5) is 4.79 Å². The second kappa shape index (κ2) is 7.98. The van der Waals surface area contributed by atoms with Gasteiger partial charge in [-0.25, -0.2) is 4.79 Å². The van der Waals surface area contributed by atoms with Gasteiger partial charge in [-0.3, -0.25) is 4.79 Å². The number of carbonyl (C=O) groups excluding carboxylic acids is 2. The summed E-state index contributed by atoms with van der Waals surface area (Å²) in [6.07, 6.45) is 4.32. The first-order valence-electron chi connectivity index (χ1n) is 9.21. The van der Waals surface area contributed by atoms with Crippen molar-refractivity contribution in [3.63, 3.8) is 0 Å². The van der Waals surface area contributed by atoms with E-state index in [0.717, 1.165) is 24.2 Å². The minimum Gasteiger partial charge on any atom is -0.493 e. The summed E-state index contributed by atoms with van der Waals surface area (Å²) >= 11 is 0. The minimum absolute atomic E-state index is 0.0663. The van der Waals surface area contributed by atoms with Gasteiger partial charge in [-0.1, -0.05) is 6.07 Å². The normalized spacial score (nSPS) is 23.1. The molecule has 1 saturated heterocycles. The summed E-state index contributed by atoms with van der Waals surface area (Å²) < 4.78 is 16.4. The molecule has 1 aliphatic carbocycles. The Bertz CT molecular complexity index is 668. The van der Waals surface area contributed by atoms with Gasteiger partial charge < -0.3 is 19.1 Å². The lowest BCUT2D eigenvalue weighted by atomic mass is 9.86. The number of amides is 1. The number of rotatable bonds is 5. The van der Waals surface area contributed by atoms with Crippen LogP contribution in [0, 0.1) is 5.92 Å². The predicted molar refractivity (Wildman–Crippen MR) is 96.8 cm³/mol. The summed E-state index contributed by atoms with van der Waals surface area (Å²) in [6, 6.07) is 5.82. The lowest BCUT2D eigenvalue weighted by Gasteiger charge is -2.20. The molecule has 0 aromatic heterocycles. The van der Waals surface area contributed by atoms with E-state index in [1.165, 1.54) is 20.0 Å². The van der Waals surface area contributed by atoms with Crippen molar-refractivity contribution in [2.75, 3.05) is 27.3 Å². The van der Waals surface area contributed by atoms with E-state index in [0.29, 0.717) is 18.8 Å². The molecule has 0 N–H and O–H groups in total. The smallest absolute Gasteiger partial charge is 0.409 e. The zero-order valence-corrected chi connectivity index (χ0v) is 15.7. The van der Waals surface area contributed by atoms with Gasteiger partial charge in [0.15, 0.2) is 11.5 Å². The molecule has 0 spiro atoms. The van der Waals surface area contributed by atoms with Crippen LogP contribution >= 0.6 is 0 Å². The lowest BCUT2D eigenvalue weighted by Crippen LogP contribution is -2.29. The topological polar surface area (TPSA) is 65.1 Å². The van der Waals surface area contributed by atoms with Crippen molar-refractivity contribution in [3.05, 3.63) is 23.8 Å². The Morgan fingerprint density at radius 1 is 1.08 bits per heavy atom. The molecular weight excluding hydrogens is 334 g/mol. The number of carbonyl (C=O) groups is 2. The third kappa shape index (κ3) is 3.79. The molecule has 2 fully saturated rings. The van der Waals surface area contributed by atoms with Crippen LogP contribution < -0.4 is 9.47 Å². The van der Waals surface area contributed by atoms with E-state index in [2.05, 4.69) is 0 Å². The number of Topliss-reactive ketones (excluding diaryl/α,β-unsaturated/α-hetero) is 1. The molecular formula is C20H27NO5. The third-order valence-corrected chi connectivity index (χ3v) is 5.49. The summed E-state index contributed by atoms with van der Waals surface area (Å²) in [5, 5.41) is 0. The molecule has 0 bridgehead atoms. The van der Waals surface area contributed by atoms with Crippen molar-refractivity contribution in [1.82, 2.24) is 4.90 Å². The van der Waals surface area contributed by atoms with Crippen LogP contribution in [0.2, 0.25) is 0 Å².